The molecule has 22 heavy (non-hydrogen) atoms. The van der Waals surface area contributed by atoms with Gasteiger partial charge < -0.3 is 20.5 Å². The lowest BCUT2D eigenvalue weighted by Crippen LogP contribution is -2.32. The summed E-state index contributed by atoms with van der Waals surface area (Å²) in [4.78, 5) is 4.37. The van der Waals surface area contributed by atoms with Gasteiger partial charge in [0.1, 0.15) is 12.4 Å². The van der Waals surface area contributed by atoms with Crippen molar-refractivity contribution in [3.05, 3.63) is 29.3 Å². The average molecular weight is 307 g/mol. The van der Waals surface area contributed by atoms with Crippen molar-refractivity contribution >= 4 is 5.96 Å². The van der Waals surface area contributed by atoms with E-state index >= 15 is 0 Å². The van der Waals surface area contributed by atoms with Gasteiger partial charge in [-0.25, -0.2) is 4.99 Å². The maximum atomic E-state index is 5.86. The predicted octanol–water partition coefficient (Wildman–Crippen LogP) is 2.61. The molecule has 0 aliphatic carbocycles. The first kappa shape index (κ1) is 18.3. The van der Waals surface area contributed by atoms with Crippen LogP contribution in [0.25, 0.3) is 0 Å². The van der Waals surface area contributed by atoms with E-state index in [0.717, 1.165) is 36.3 Å². The van der Waals surface area contributed by atoms with E-state index in [-0.39, 0.29) is 0 Å². The van der Waals surface area contributed by atoms with Crippen LogP contribution in [-0.4, -0.2) is 32.3 Å². The molecule has 1 rings (SSSR count). The van der Waals surface area contributed by atoms with Crippen molar-refractivity contribution in [3.63, 3.8) is 0 Å². The minimum absolute atomic E-state index is 0.481. The lowest BCUT2D eigenvalue weighted by Gasteiger charge is -2.12. The Morgan fingerprint density at radius 3 is 2.82 bits per heavy atom. The summed E-state index contributed by atoms with van der Waals surface area (Å²) in [6.07, 6.45) is 2.22. The summed E-state index contributed by atoms with van der Waals surface area (Å²) in [5.74, 6) is 1.33. The lowest BCUT2D eigenvalue weighted by atomic mass is 10.1. The van der Waals surface area contributed by atoms with Gasteiger partial charge >= 0.3 is 0 Å². The number of nitrogens with one attached hydrogen (secondary N) is 1. The number of ether oxygens (including phenoxy) is 2. The van der Waals surface area contributed by atoms with Gasteiger partial charge in [-0.1, -0.05) is 25.5 Å². The summed E-state index contributed by atoms with van der Waals surface area (Å²) in [5.41, 5.74) is 8.05. The molecule has 0 atom stereocenters. The van der Waals surface area contributed by atoms with Gasteiger partial charge in [-0.3, -0.25) is 0 Å². The highest BCUT2D eigenvalue weighted by molar-refractivity contribution is 5.77. The van der Waals surface area contributed by atoms with Gasteiger partial charge in [0.15, 0.2) is 5.96 Å². The van der Waals surface area contributed by atoms with E-state index in [1.807, 2.05) is 26.0 Å². The molecule has 5 heteroatoms. The van der Waals surface area contributed by atoms with Crippen molar-refractivity contribution < 1.29 is 9.47 Å². The van der Waals surface area contributed by atoms with E-state index in [1.165, 1.54) is 0 Å². The summed E-state index contributed by atoms with van der Waals surface area (Å²) < 4.78 is 11.1. The molecular formula is C17H29N3O2. The summed E-state index contributed by atoms with van der Waals surface area (Å²) >= 11 is 0. The molecule has 124 valence electrons. The third kappa shape index (κ3) is 7.31. The van der Waals surface area contributed by atoms with Crippen molar-refractivity contribution in [2.24, 2.45) is 10.7 Å². The Labute approximate surface area is 133 Å². The fraction of sp³-hybridized carbons (Fsp3) is 0.588. The van der Waals surface area contributed by atoms with Crippen LogP contribution in [0.4, 0.5) is 0 Å². The molecule has 1 aromatic rings. The predicted molar refractivity (Wildman–Crippen MR) is 91.4 cm³/mol. The zero-order valence-corrected chi connectivity index (χ0v) is 14.0. The molecule has 0 aliphatic rings. The molecule has 0 fully saturated rings. The first-order valence-corrected chi connectivity index (χ1v) is 8.01. The molecule has 0 aromatic heterocycles. The van der Waals surface area contributed by atoms with E-state index < -0.39 is 0 Å². The van der Waals surface area contributed by atoms with Gasteiger partial charge in [-0.15, -0.1) is 0 Å². The van der Waals surface area contributed by atoms with Crippen molar-refractivity contribution in [2.45, 2.75) is 40.2 Å². The Morgan fingerprint density at radius 1 is 1.27 bits per heavy atom. The van der Waals surface area contributed by atoms with Crippen molar-refractivity contribution in [1.29, 1.82) is 0 Å². The highest BCUT2D eigenvalue weighted by Gasteiger charge is 2.04. The molecule has 0 spiro atoms. The molecule has 0 heterocycles. The van der Waals surface area contributed by atoms with Crippen molar-refractivity contribution in [1.82, 2.24) is 5.32 Å². The molecule has 0 saturated heterocycles. The molecule has 5 nitrogen and oxygen atoms in total. The normalized spacial score (nSPS) is 11.5. The summed E-state index contributed by atoms with van der Waals surface area (Å²) in [6, 6.07) is 6.12. The van der Waals surface area contributed by atoms with E-state index in [1.54, 1.807) is 0 Å². The van der Waals surface area contributed by atoms with E-state index in [9.17, 15) is 0 Å². The fourth-order valence-corrected chi connectivity index (χ4v) is 1.90. The number of aliphatic imine (C=N–C) groups is 1. The number of guanidine groups is 1. The quantitative estimate of drug-likeness (QED) is 0.396. The number of benzene rings is 1. The SMILES string of the molecule is CCCCNC(N)=NCc1ccc(C)cc1OCCOCC. The maximum absolute atomic E-state index is 5.86. The Bertz CT molecular complexity index is 461. The molecule has 0 unspecified atom stereocenters. The number of nitrogens with zero attached hydrogens (tertiary/aromatic N) is 1. The van der Waals surface area contributed by atoms with E-state index in [0.29, 0.717) is 32.3 Å². The Kier molecular flexibility index (Phi) is 9.07. The lowest BCUT2D eigenvalue weighted by molar-refractivity contribution is 0.110. The van der Waals surface area contributed by atoms with Gasteiger partial charge in [0, 0.05) is 18.7 Å². The van der Waals surface area contributed by atoms with Gasteiger partial charge in [-0.2, -0.15) is 0 Å². The second-order valence-electron chi connectivity index (χ2n) is 5.14. The minimum Gasteiger partial charge on any atom is -0.491 e. The maximum Gasteiger partial charge on any atom is 0.188 e. The molecule has 1 aromatic carbocycles. The van der Waals surface area contributed by atoms with Crippen LogP contribution in [0.5, 0.6) is 5.75 Å². The Hall–Kier alpha value is -1.75. The van der Waals surface area contributed by atoms with Gasteiger partial charge in [-0.05, 0) is 31.9 Å². The molecule has 0 bridgehead atoms. The number of rotatable bonds is 10. The number of hydrogen-bond donors (Lipinski definition) is 2. The number of hydrogen-bond acceptors (Lipinski definition) is 3. The molecule has 0 radical (unpaired) electrons. The van der Waals surface area contributed by atoms with Gasteiger partial charge in [0.2, 0.25) is 0 Å². The Balaban J connectivity index is 2.58. The zero-order chi connectivity index (χ0) is 16.2. The average Bonchev–Trinajstić information content (AvgIpc) is 2.51. The van der Waals surface area contributed by atoms with Crippen LogP contribution in [0.2, 0.25) is 0 Å². The Morgan fingerprint density at radius 2 is 2.09 bits per heavy atom. The molecule has 3 N–H and O–H groups in total. The topological polar surface area (TPSA) is 68.9 Å². The van der Waals surface area contributed by atoms with Crippen LogP contribution in [0, 0.1) is 6.92 Å². The number of nitrogens with two attached hydrogens (primary N) is 1. The third-order valence-corrected chi connectivity index (χ3v) is 3.17. The van der Waals surface area contributed by atoms with Crippen LogP contribution >= 0.6 is 0 Å². The largest absolute Gasteiger partial charge is 0.491 e. The first-order chi connectivity index (χ1) is 10.7. The second kappa shape index (κ2) is 10.9. The number of aryl methyl sites for hydroxylation is 1. The fourth-order valence-electron chi connectivity index (χ4n) is 1.90. The van der Waals surface area contributed by atoms with Crippen LogP contribution in [-0.2, 0) is 11.3 Å². The van der Waals surface area contributed by atoms with Crippen molar-refractivity contribution in [2.75, 3.05) is 26.4 Å². The summed E-state index contributed by atoms with van der Waals surface area (Å²) in [6.45, 7) is 9.37. The second-order valence-corrected chi connectivity index (χ2v) is 5.14. The molecule has 0 saturated carbocycles. The molecule has 0 aliphatic heterocycles. The summed E-state index contributed by atoms with van der Waals surface area (Å²) in [7, 11) is 0. The third-order valence-electron chi connectivity index (χ3n) is 3.17. The van der Waals surface area contributed by atoms with Crippen LogP contribution < -0.4 is 15.8 Å². The highest BCUT2D eigenvalue weighted by Crippen LogP contribution is 2.21. The molecular weight excluding hydrogens is 278 g/mol. The van der Waals surface area contributed by atoms with Crippen LogP contribution in [0.1, 0.15) is 37.8 Å². The van der Waals surface area contributed by atoms with E-state index in [2.05, 4.69) is 23.3 Å². The van der Waals surface area contributed by atoms with Crippen LogP contribution in [0.3, 0.4) is 0 Å². The smallest absolute Gasteiger partial charge is 0.188 e. The van der Waals surface area contributed by atoms with Gasteiger partial charge in [0.05, 0.1) is 13.2 Å². The molecule has 0 amide bonds. The standard InChI is InChI=1S/C17H29N3O2/c1-4-6-9-19-17(18)20-13-15-8-7-14(3)12-16(15)22-11-10-21-5-2/h7-8,12H,4-6,9-11,13H2,1-3H3,(H3,18,19,20). The number of unbranched alkanes of at least 4 members (excludes halogenated alkanes) is 1. The van der Waals surface area contributed by atoms with Gasteiger partial charge in [0.25, 0.3) is 0 Å². The minimum atomic E-state index is 0.481. The zero-order valence-electron chi connectivity index (χ0n) is 14.0. The monoisotopic (exact) mass is 307 g/mol. The van der Waals surface area contributed by atoms with Crippen molar-refractivity contribution in [3.8, 4) is 5.75 Å². The highest BCUT2D eigenvalue weighted by atomic mass is 16.5. The van der Waals surface area contributed by atoms with Crippen LogP contribution in [0.15, 0.2) is 23.2 Å². The summed E-state index contributed by atoms with van der Waals surface area (Å²) in [5, 5.41) is 3.11. The van der Waals surface area contributed by atoms with E-state index in [4.69, 9.17) is 15.2 Å². The first-order valence-electron chi connectivity index (χ1n) is 8.01.